The average molecular weight is 421 g/mol. The Morgan fingerprint density at radius 2 is 1.69 bits per heavy atom. The number of carbonyl (C=O) groups is 1. The van der Waals surface area contributed by atoms with Crippen LogP contribution in [0.25, 0.3) is 11.3 Å². The summed E-state index contributed by atoms with van der Waals surface area (Å²) in [4.78, 5) is 12.4. The smallest absolute Gasteiger partial charge is 0.322 e. The van der Waals surface area contributed by atoms with Gasteiger partial charge in [-0.25, -0.2) is 8.42 Å². The highest BCUT2D eigenvalue weighted by Crippen LogP contribution is 2.32. The third-order valence-electron chi connectivity index (χ3n) is 3.91. The fraction of sp³-hybridized carbons (Fsp3) is 0.105. The van der Waals surface area contributed by atoms with Crippen LogP contribution in [-0.4, -0.2) is 30.8 Å². The fourth-order valence-corrected chi connectivity index (χ4v) is 3.06. The number of carbonyl (C=O) groups excluding carboxylic acids is 1. The number of sulfone groups is 1. The van der Waals surface area contributed by atoms with Crippen molar-refractivity contribution in [2.45, 2.75) is 11.2 Å². The second-order valence-corrected chi connectivity index (χ2v) is 8.07. The summed E-state index contributed by atoms with van der Waals surface area (Å²) in [6.45, 7) is 0. The Hall–Kier alpha value is -3.27. The van der Waals surface area contributed by atoms with Crippen molar-refractivity contribution in [1.29, 1.82) is 0 Å². The number of anilines is 1. The molecule has 0 aliphatic rings. The standard InChI is InChI=1S/C19H14F3N3O3S/c1-29(27,28)17-10-9-16(24-25-17)12-5-4-6-13(11-12)23-18(26)14-7-2-3-8-15(14)19(20,21)22/h2-11H,1H3,(H,23,26). The first-order valence-corrected chi connectivity index (χ1v) is 10.1. The van der Waals surface area contributed by atoms with E-state index in [1.165, 1.54) is 36.4 Å². The maximum absolute atomic E-state index is 13.1. The molecule has 0 aliphatic heterocycles. The number of alkyl halides is 3. The first-order chi connectivity index (χ1) is 13.6. The van der Waals surface area contributed by atoms with Crippen LogP contribution in [0.1, 0.15) is 15.9 Å². The van der Waals surface area contributed by atoms with Crippen molar-refractivity contribution >= 4 is 21.4 Å². The molecule has 1 aromatic heterocycles. The molecular formula is C19H14F3N3O3S. The van der Waals surface area contributed by atoms with Crippen molar-refractivity contribution in [3.63, 3.8) is 0 Å². The number of nitrogens with one attached hydrogen (secondary N) is 1. The lowest BCUT2D eigenvalue weighted by molar-refractivity contribution is -0.137. The predicted octanol–water partition coefficient (Wildman–Crippen LogP) is 3.82. The first kappa shape index (κ1) is 20.5. The molecule has 0 radical (unpaired) electrons. The molecule has 0 fully saturated rings. The zero-order valence-electron chi connectivity index (χ0n) is 14.9. The summed E-state index contributed by atoms with van der Waals surface area (Å²) in [6, 6.07) is 13.5. The van der Waals surface area contributed by atoms with E-state index in [1.54, 1.807) is 12.1 Å². The molecular weight excluding hydrogens is 407 g/mol. The molecule has 0 saturated carbocycles. The van der Waals surface area contributed by atoms with Gasteiger partial charge in [0.25, 0.3) is 5.91 Å². The van der Waals surface area contributed by atoms with Crippen molar-refractivity contribution < 1.29 is 26.4 Å². The molecule has 3 rings (SSSR count). The molecule has 0 unspecified atom stereocenters. The van der Waals surface area contributed by atoms with Crippen LogP contribution < -0.4 is 5.32 Å². The summed E-state index contributed by atoms with van der Waals surface area (Å²) in [5.74, 6) is -0.909. The Kier molecular flexibility index (Phi) is 5.38. The Labute approximate surface area is 164 Å². The van der Waals surface area contributed by atoms with Gasteiger partial charge in [0.05, 0.1) is 16.8 Å². The van der Waals surface area contributed by atoms with Crippen molar-refractivity contribution in [2.75, 3.05) is 11.6 Å². The summed E-state index contributed by atoms with van der Waals surface area (Å²) in [6.07, 6.45) is -3.65. The highest BCUT2D eigenvalue weighted by molar-refractivity contribution is 7.90. The molecule has 2 aromatic carbocycles. The van der Waals surface area contributed by atoms with Crippen LogP contribution in [0.3, 0.4) is 0 Å². The van der Waals surface area contributed by atoms with E-state index in [0.29, 0.717) is 11.3 Å². The predicted molar refractivity (Wildman–Crippen MR) is 100.0 cm³/mol. The van der Waals surface area contributed by atoms with Crippen LogP contribution >= 0.6 is 0 Å². The third-order valence-corrected chi connectivity index (χ3v) is 4.89. The number of benzene rings is 2. The van der Waals surface area contributed by atoms with Gasteiger partial charge in [-0.2, -0.15) is 13.2 Å². The van der Waals surface area contributed by atoms with Gasteiger partial charge in [0.2, 0.25) is 0 Å². The van der Waals surface area contributed by atoms with Crippen LogP contribution in [0, 0.1) is 0 Å². The lowest BCUT2D eigenvalue weighted by Gasteiger charge is -2.13. The molecule has 0 aliphatic carbocycles. The number of hydrogen-bond acceptors (Lipinski definition) is 5. The van der Waals surface area contributed by atoms with Gasteiger partial charge in [-0.15, -0.1) is 10.2 Å². The average Bonchev–Trinajstić information content (AvgIpc) is 2.67. The number of rotatable bonds is 4. The Balaban J connectivity index is 1.87. The summed E-state index contributed by atoms with van der Waals surface area (Å²) in [5.41, 5.74) is -0.444. The van der Waals surface area contributed by atoms with Gasteiger partial charge >= 0.3 is 6.18 Å². The summed E-state index contributed by atoms with van der Waals surface area (Å²) < 4.78 is 62.3. The number of aromatic nitrogens is 2. The van der Waals surface area contributed by atoms with Crippen LogP contribution in [0.4, 0.5) is 18.9 Å². The Morgan fingerprint density at radius 3 is 2.31 bits per heavy atom. The van der Waals surface area contributed by atoms with Crippen LogP contribution in [-0.2, 0) is 16.0 Å². The SMILES string of the molecule is CS(=O)(=O)c1ccc(-c2cccc(NC(=O)c3ccccc3C(F)(F)F)c2)nn1. The van der Waals surface area contributed by atoms with E-state index < -0.39 is 33.0 Å². The summed E-state index contributed by atoms with van der Waals surface area (Å²) in [7, 11) is -3.50. The molecule has 29 heavy (non-hydrogen) atoms. The quantitative estimate of drug-likeness (QED) is 0.692. The maximum atomic E-state index is 13.1. The van der Waals surface area contributed by atoms with Crippen molar-refractivity contribution in [3.05, 3.63) is 71.8 Å². The first-order valence-electron chi connectivity index (χ1n) is 8.17. The maximum Gasteiger partial charge on any atom is 0.417 e. The van der Waals surface area contributed by atoms with Gasteiger partial charge in [-0.1, -0.05) is 24.3 Å². The van der Waals surface area contributed by atoms with Crippen molar-refractivity contribution in [1.82, 2.24) is 10.2 Å². The topological polar surface area (TPSA) is 89.0 Å². The fourth-order valence-electron chi connectivity index (χ4n) is 2.55. The lowest BCUT2D eigenvalue weighted by Crippen LogP contribution is -2.18. The molecule has 10 heteroatoms. The van der Waals surface area contributed by atoms with E-state index in [9.17, 15) is 26.4 Å². The summed E-state index contributed by atoms with van der Waals surface area (Å²) in [5, 5.41) is 9.75. The van der Waals surface area contributed by atoms with Gasteiger partial charge in [-0.05, 0) is 36.4 Å². The zero-order chi connectivity index (χ0) is 21.2. The molecule has 1 amide bonds. The molecule has 6 nitrogen and oxygen atoms in total. The molecule has 1 N–H and O–H groups in total. The second-order valence-electron chi connectivity index (χ2n) is 6.11. The normalized spacial score (nSPS) is 11.9. The monoisotopic (exact) mass is 421 g/mol. The molecule has 0 saturated heterocycles. The second kappa shape index (κ2) is 7.63. The molecule has 3 aromatic rings. The van der Waals surface area contributed by atoms with Gasteiger partial charge in [0, 0.05) is 17.5 Å². The summed E-state index contributed by atoms with van der Waals surface area (Å²) >= 11 is 0. The van der Waals surface area contributed by atoms with Crippen LogP contribution in [0.2, 0.25) is 0 Å². The highest BCUT2D eigenvalue weighted by atomic mass is 32.2. The number of halogens is 3. The number of nitrogens with zero attached hydrogens (tertiary/aromatic N) is 2. The third kappa shape index (κ3) is 4.77. The van der Waals surface area contributed by atoms with E-state index in [2.05, 4.69) is 15.5 Å². The minimum atomic E-state index is -4.66. The van der Waals surface area contributed by atoms with Gasteiger partial charge < -0.3 is 5.32 Å². The molecule has 0 spiro atoms. The van der Waals surface area contributed by atoms with Crippen LogP contribution in [0.5, 0.6) is 0 Å². The minimum absolute atomic E-state index is 0.186. The molecule has 0 atom stereocenters. The Bertz CT molecular complexity index is 1160. The molecule has 1 heterocycles. The molecule has 150 valence electrons. The van der Waals surface area contributed by atoms with E-state index in [-0.39, 0.29) is 10.7 Å². The van der Waals surface area contributed by atoms with Crippen LogP contribution in [0.15, 0.2) is 65.7 Å². The van der Waals surface area contributed by atoms with Gasteiger partial charge in [-0.3, -0.25) is 4.79 Å². The number of amides is 1. The van der Waals surface area contributed by atoms with Crippen molar-refractivity contribution in [3.8, 4) is 11.3 Å². The van der Waals surface area contributed by atoms with Crippen molar-refractivity contribution in [2.24, 2.45) is 0 Å². The lowest BCUT2D eigenvalue weighted by atomic mass is 10.1. The van der Waals surface area contributed by atoms with Gasteiger partial charge in [0.1, 0.15) is 0 Å². The highest BCUT2D eigenvalue weighted by Gasteiger charge is 2.34. The number of hydrogen-bond donors (Lipinski definition) is 1. The molecule has 0 bridgehead atoms. The van der Waals surface area contributed by atoms with E-state index in [0.717, 1.165) is 18.4 Å². The van der Waals surface area contributed by atoms with E-state index >= 15 is 0 Å². The van der Waals surface area contributed by atoms with Gasteiger partial charge in [0.15, 0.2) is 14.9 Å². The minimum Gasteiger partial charge on any atom is -0.322 e. The Morgan fingerprint density at radius 1 is 0.966 bits per heavy atom. The largest absolute Gasteiger partial charge is 0.417 e. The van der Waals surface area contributed by atoms with E-state index in [4.69, 9.17) is 0 Å². The zero-order valence-corrected chi connectivity index (χ0v) is 15.8. The van der Waals surface area contributed by atoms with E-state index in [1.807, 2.05) is 0 Å².